The SMILES string of the molecule is CC(C)C(=O)Nc1cnn2c1NCCC2. The number of anilines is 2. The standard InChI is InChI=1S/C10H16N4O/c1-7(2)10(15)13-8-6-12-14-5-3-4-11-9(8)14/h6-7,11H,3-5H2,1-2H3,(H,13,15). The Labute approximate surface area is 88.8 Å². The molecule has 1 aliphatic heterocycles. The van der Waals surface area contributed by atoms with E-state index in [9.17, 15) is 4.79 Å². The van der Waals surface area contributed by atoms with Crippen molar-refractivity contribution in [1.82, 2.24) is 9.78 Å². The summed E-state index contributed by atoms with van der Waals surface area (Å²) in [5.41, 5.74) is 0.786. The fourth-order valence-electron chi connectivity index (χ4n) is 1.55. The van der Waals surface area contributed by atoms with E-state index in [-0.39, 0.29) is 11.8 Å². The minimum Gasteiger partial charge on any atom is -0.368 e. The van der Waals surface area contributed by atoms with Crippen molar-refractivity contribution < 1.29 is 4.79 Å². The summed E-state index contributed by atoms with van der Waals surface area (Å²) in [7, 11) is 0. The second-order valence-electron chi connectivity index (χ2n) is 4.05. The van der Waals surface area contributed by atoms with Gasteiger partial charge in [0.15, 0.2) is 0 Å². The highest BCUT2D eigenvalue weighted by molar-refractivity contribution is 5.94. The number of amides is 1. The quantitative estimate of drug-likeness (QED) is 0.770. The second-order valence-corrected chi connectivity index (χ2v) is 4.05. The largest absolute Gasteiger partial charge is 0.368 e. The first-order valence-corrected chi connectivity index (χ1v) is 5.29. The van der Waals surface area contributed by atoms with Gasteiger partial charge in [0, 0.05) is 19.0 Å². The molecule has 2 N–H and O–H groups in total. The van der Waals surface area contributed by atoms with Crippen molar-refractivity contribution in [3.63, 3.8) is 0 Å². The Balaban J connectivity index is 2.15. The lowest BCUT2D eigenvalue weighted by Gasteiger charge is -2.17. The molecule has 15 heavy (non-hydrogen) atoms. The van der Waals surface area contributed by atoms with Crippen molar-refractivity contribution in [3.8, 4) is 0 Å². The third-order valence-electron chi connectivity index (χ3n) is 2.46. The number of fused-ring (bicyclic) bond motifs is 1. The average molecular weight is 208 g/mol. The Bertz CT molecular complexity index is 369. The highest BCUT2D eigenvalue weighted by Gasteiger charge is 2.16. The van der Waals surface area contributed by atoms with Gasteiger partial charge in [-0.3, -0.25) is 4.79 Å². The van der Waals surface area contributed by atoms with Crippen LogP contribution in [0.2, 0.25) is 0 Å². The van der Waals surface area contributed by atoms with Crippen molar-refractivity contribution in [2.75, 3.05) is 17.2 Å². The highest BCUT2D eigenvalue weighted by atomic mass is 16.1. The molecule has 0 aromatic carbocycles. The van der Waals surface area contributed by atoms with Crippen molar-refractivity contribution >= 4 is 17.4 Å². The van der Waals surface area contributed by atoms with Crippen LogP contribution in [0, 0.1) is 5.92 Å². The topological polar surface area (TPSA) is 59.0 Å². The molecule has 0 radical (unpaired) electrons. The van der Waals surface area contributed by atoms with Gasteiger partial charge in [-0.05, 0) is 6.42 Å². The van der Waals surface area contributed by atoms with Gasteiger partial charge in [-0.15, -0.1) is 0 Å². The number of aryl methyl sites for hydroxylation is 1. The number of aromatic nitrogens is 2. The Kier molecular flexibility index (Phi) is 2.62. The van der Waals surface area contributed by atoms with Crippen molar-refractivity contribution in [1.29, 1.82) is 0 Å². The van der Waals surface area contributed by atoms with Crippen LogP contribution in [-0.4, -0.2) is 22.2 Å². The summed E-state index contributed by atoms with van der Waals surface area (Å²) in [6.45, 7) is 5.60. The third-order valence-corrected chi connectivity index (χ3v) is 2.46. The molecule has 1 aliphatic rings. The molecule has 2 heterocycles. The van der Waals surface area contributed by atoms with E-state index < -0.39 is 0 Å². The van der Waals surface area contributed by atoms with Crippen LogP contribution in [-0.2, 0) is 11.3 Å². The summed E-state index contributed by atoms with van der Waals surface area (Å²) >= 11 is 0. The molecule has 1 amide bonds. The van der Waals surface area contributed by atoms with Crippen molar-refractivity contribution in [2.45, 2.75) is 26.8 Å². The molecule has 1 aromatic rings. The van der Waals surface area contributed by atoms with E-state index in [4.69, 9.17) is 0 Å². The molecule has 5 heteroatoms. The van der Waals surface area contributed by atoms with Crippen LogP contribution >= 0.6 is 0 Å². The molecule has 0 bridgehead atoms. The number of rotatable bonds is 2. The summed E-state index contributed by atoms with van der Waals surface area (Å²) in [6.07, 6.45) is 2.78. The van der Waals surface area contributed by atoms with Crippen LogP contribution in [0.5, 0.6) is 0 Å². The Morgan fingerprint density at radius 3 is 3.20 bits per heavy atom. The summed E-state index contributed by atoms with van der Waals surface area (Å²) in [5.74, 6) is 0.942. The number of hydrogen-bond donors (Lipinski definition) is 2. The van der Waals surface area contributed by atoms with Gasteiger partial charge in [0.05, 0.1) is 6.20 Å². The van der Waals surface area contributed by atoms with Crippen LogP contribution in [0.4, 0.5) is 11.5 Å². The number of hydrogen-bond acceptors (Lipinski definition) is 3. The van der Waals surface area contributed by atoms with E-state index in [1.165, 1.54) is 0 Å². The fraction of sp³-hybridized carbons (Fsp3) is 0.600. The first-order valence-electron chi connectivity index (χ1n) is 5.29. The predicted molar refractivity (Wildman–Crippen MR) is 58.8 cm³/mol. The maximum Gasteiger partial charge on any atom is 0.227 e. The zero-order chi connectivity index (χ0) is 10.8. The Morgan fingerprint density at radius 1 is 1.67 bits per heavy atom. The molecule has 82 valence electrons. The molecule has 0 saturated heterocycles. The van der Waals surface area contributed by atoms with Crippen LogP contribution < -0.4 is 10.6 Å². The van der Waals surface area contributed by atoms with Crippen molar-refractivity contribution in [3.05, 3.63) is 6.20 Å². The van der Waals surface area contributed by atoms with Gasteiger partial charge < -0.3 is 10.6 Å². The average Bonchev–Trinajstić information content (AvgIpc) is 2.62. The molecule has 0 atom stereocenters. The number of carbonyl (C=O) groups excluding carboxylic acids is 1. The highest BCUT2D eigenvalue weighted by Crippen LogP contribution is 2.24. The first-order chi connectivity index (χ1) is 7.18. The lowest BCUT2D eigenvalue weighted by molar-refractivity contribution is -0.118. The Hall–Kier alpha value is -1.52. The Morgan fingerprint density at radius 2 is 2.47 bits per heavy atom. The molecule has 0 aliphatic carbocycles. The zero-order valence-electron chi connectivity index (χ0n) is 9.08. The van der Waals surface area contributed by atoms with Gasteiger partial charge in [0.2, 0.25) is 5.91 Å². The van der Waals surface area contributed by atoms with Gasteiger partial charge in [-0.25, -0.2) is 4.68 Å². The van der Waals surface area contributed by atoms with Crippen LogP contribution in [0.25, 0.3) is 0 Å². The predicted octanol–water partition coefficient (Wildman–Crippen LogP) is 1.29. The van der Waals surface area contributed by atoms with Crippen LogP contribution in [0.1, 0.15) is 20.3 Å². The molecule has 5 nitrogen and oxygen atoms in total. The molecule has 0 unspecified atom stereocenters. The van der Waals surface area contributed by atoms with Gasteiger partial charge >= 0.3 is 0 Å². The molecule has 1 aromatic heterocycles. The number of carbonyl (C=O) groups is 1. The molecular formula is C10H16N4O. The summed E-state index contributed by atoms with van der Waals surface area (Å²) in [4.78, 5) is 11.5. The molecular weight excluding hydrogens is 192 g/mol. The summed E-state index contributed by atoms with van der Waals surface area (Å²) in [6, 6.07) is 0. The zero-order valence-corrected chi connectivity index (χ0v) is 9.08. The molecule has 0 fully saturated rings. The van der Waals surface area contributed by atoms with Gasteiger partial charge in [0.1, 0.15) is 11.5 Å². The minimum absolute atomic E-state index is 0.0101. The van der Waals surface area contributed by atoms with Gasteiger partial charge in [0.25, 0.3) is 0 Å². The maximum atomic E-state index is 11.5. The third kappa shape index (κ3) is 1.95. The fourth-order valence-corrected chi connectivity index (χ4v) is 1.55. The van der Waals surface area contributed by atoms with Gasteiger partial charge in [-0.2, -0.15) is 5.10 Å². The maximum absolute atomic E-state index is 11.5. The van der Waals surface area contributed by atoms with E-state index in [0.717, 1.165) is 31.0 Å². The minimum atomic E-state index is -0.0101. The van der Waals surface area contributed by atoms with E-state index in [1.807, 2.05) is 18.5 Å². The molecule has 2 rings (SSSR count). The van der Waals surface area contributed by atoms with Crippen molar-refractivity contribution in [2.24, 2.45) is 5.92 Å². The normalized spacial score (nSPS) is 14.6. The molecule has 0 saturated carbocycles. The lowest BCUT2D eigenvalue weighted by Crippen LogP contribution is -2.21. The van der Waals surface area contributed by atoms with E-state index in [1.54, 1.807) is 6.20 Å². The lowest BCUT2D eigenvalue weighted by atomic mass is 10.2. The smallest absolute Gasteiger partial charge is 0.227 e. The number of nitrogens with one attached hydrogen (secondary N) is 2. The first kappa shape index (κ1) is 10.0. The van der Waals surface area contributed by atoms with E-state index >= 15 is 0 Å². The summed E-state index contributed by atoms with van der Waals surface area (Å²) < 4.78 is 1.89. The molecule has 0 spiro atoms. The van der Waals surface area contributed by atoms with Gasteiger partial charge in [-0.1, -0.05) is 13.8 Å². The second kappa shape index (κ2) is 3.92. The van der Waals surface area contributed by atoms with Crippen LogP contribution in [0.3, 0.4) is 0 Å². The number of nitrogens with zero attached hydrogens (tertiary/aromatic N) is 2. The van der Waals surface area contributed by atoms with Crippen LogP contribution in [0.15, 0.2) is 6.20 Å². The van der Waals surface area contributed by atoms with E-state index in [2.05, 4.69) is 15.7 Å². The summed E-state index contributed by atoms with van der Waals surface area (Å²) in [5, 5.41) is 10.3. The van der Waals surface area contributed by atoms with E-state index in [0.29, 0.717) is 0 Å². The monoisotopic (exact) mass is 208 g/mol.